The topological polar surface area (TPSA) is 24.5 Å². The smallest absolute Gasteiger partial charge is 0.0471 e. The van der Waals surface area contributed by atoms with E-state index in [0.29, 0.717) is 5.41 Å². The van der Waals surface area contributed by atoms with Gasteiger partial charge < -0.3 is 15.0 Å². The zero-order chi connectivity index (χ0) is 11.6. The zero-order valence-corrected chi connectivity index (χ0v) is 10.9. The van der Waals surface area contributed by atoms with E-state index in [4.69, 9.17) is 4.74 Å². The zero-order valence-electron chi connectivity index (χ0n) is 10.9. The van der Waals surface area contributed by atoms with Crippen LogP contribution in [0.2, 0.25) is 0 Å². The van der Waals surface area contributed by atoms with Crippen molar-refractivity contribution in [3.05, 3.63) is 0 Å². The Bertz CT molecular complexity index is 245. The predicted molar refractivity (Wildman–Crippen MR) is 69.1 cm³/mol. The summed E-state index contributed by atoms with van der Waals surface area (Å²) >= 11 is 0. The van der Waals surface area contributed by atoms with Crippen LogP contribution in [-0.2, 0) is 4.74 Å². The number of rotatable bonds is 2. The van der Waals surface area contributed by atoms with Crippen molar-refractivity contribution in [1.82, 2.24) is 10.2 Å². The number of hydrogen-bond acceptors (Lipinski definition) is 3. The molecule has 1 spiro atoms. The lowest BCUT2D eigenvalue weighted by Gasteiger charge is -2.34. The molecule has 17 heavy (non-hydrogen) atoms. The molecule has 0 aromatic heterocycles. The molecular weight excluding hydrogens is 212 g/mol. The first-order chi connectivity index (χ1) is 8.36. The van der Waals surface area contributed by atoms with Crippen LogP contribution in [0.15, 0.2) is 0 Å². The van der Waals surface area contributed by atoms with Crippen LogP contribution in [-0.4, -0.2) is 50.8 Å². The van der Waals surface area contributed by atoms with Crippen molar-refractivity contribution in [1.29, 1.82) is 0 Å². The maximum atomic E-state index is 5.51. The van der Waals surface area contributed by atoms with Crippen molar-refractivity contribution in [3.63, 3.8) is 0 Å². The lowest BCUT2D eigenvalue weighted by molar-refractivity contribution is 0.0185. The standard InChI is InChI=1S/C14H26N2O/c1-6-15-7-2-13(1)11-16-8-3-14(12-16)4-9-17-10-5-14/h13,15H,1-12H2. The maximum Gasteiger partial charge on any atom is 0.0471 e. The average molecular weight is 238 g/mol. The van der Waals surface area contributed by atoms with E-state index in [2.05, 4.69) is 10.2 Å². The molecule has 0 aliphatic carbocycles. The molecule has 3 fully saturated rings. The van der Waals surface area contributed by atoms with Crippen LogP contribution in [0, 0.1) is 11.3 Å². The molecule has 0 unspecified atom stereocenters. The van der Waals surface area contributed by atoms with Gasteiger partial charge in [0.2, 0.25) is 0 Å². The molecule has 0 saturated carbocycles. The lowest BCUT2D eigenvalue weighted by Crippen LogP contribution is -2.37. The quantitative estimate of drug-likeness (QED) is 0.789. The summed E-state index contributed by atoms with van der Waals surface area (Å²) < 4.78 is 5.51. The molecule has 3 heterocycles. The van der Waals surface area contributed by atoms with Crippen LogP contribution in [0.1, 0.15) is 32.1 Å². The Morgan fingerprint density at radius 2 is 1.88 bits per heavy atom. The minimum atomic E-state index is 0.630. The van der Waals surface area contributed by atoms with Gasteiger partial charge in [-0.1, -0.05) is 0 Å². The third-order valence-corrected chi connectivity index (χ3v) is 5.05. The molecule has 0 radical (unpaired) electrons. The Morgan fingerprint density at radius 1 is 1.12 bits per heavy atom. The van der Waals surface area contributed by atoms with Crippen molar-refractivity contribution < 1.29 is 4.74 Å². The van der Waals surface area contributed by atoms with Crippen molar-refractivity contribution in [3.8, 4) is 0 Å². The number of hydrogen-bond donors (Lipinski definition) is 1. The summed E-state index contributed by atoms with van der Waals surface area (Å²) in [5, 5.41) is 3.46. The molecule has 0 atom stereocenters. The lowest BCUT2D eigenvalue weighted by atomic mass is 9.80. The molecule has 0 aromatic carbocycles. The largest absolute Gasteiger partial charge is 0.381 e. The SMILES string of the molecule is C1CC(CN2CCC3(CCOCC3)C2)CCN1. The molecule has 3 heteroatoms. The average Bonchev–Trinajstić information content (AvgIpc) is 2.74. The van der Waals surface area contributed by atoms with Crippen LogP contribution in [0.5, 0.6) is 0 Å². The number of nitrogens with one attached hydrogen (secondary N) is 1. The summed E-state index contributed by atoms with van der Waals surface area (Å²) in [5.74, 6) is 0.950. The summed E-state index contributed by atoms with van der Waals surface area (Å²) in [6.45, 7) is 8.51. The monoisotopic (exact) mass is 238 g/mol. The second-order valence-corrected chi connectivity index (χ2v) is 6.29. The Labute approximate surface area is 105 Å². The van der Waals surface area contributed by atoms with Crippen molar-refractivity contribution in [2.45, 2.75) is 32.1 Å². The van der Waals surface area contributed by atoms with Crippen molar-refractivity contribution in [2.24, 2.45) is 11.3 Å². The van der Waals surface area contributed by atoms with E-state index in [0.717, 1.165) is 19.1 Å². The van der Waals surface area contributed by atoms with Gasteiger partial charge in [0.15, 0.2) is 0 Å². The minimum Gasteiger partial charge on any atom is -0.381 e. The number of likely N-dealkylation sites (tertiary alicyclic amines) is 1. The van der Waals surface area contributed by atoms with Crippen LogP contribution in [0.4, 0.5) is 0 Å². The molecule has 0 aromatic rings. The first-order valence-corrected chi connectivity index (χ1v) is 7.37. The van der Waals surface area contributed by atoms with Gasteiger partial charge in [0, 0.05) is 26.3 Å². The molecule has 3 aliphatic rings. The second-order valence-electron chi connectivity index (χ2n) is 6.29. The number of nitrogens with zero attached hydrogens (tertiary/aromatic N) is 1. The van der Waals surface area contributed by atoms with Gasteiger partial charge in [0.1, 0.15) is 0 Å². The third kappa shape index (κ3) is 2.83. The summed E-state index contributed by atoms with van der Waals surface area (Å²) in [5.41, 5.74) is 0.630. The first kappa shape index (κ1) is 11.9. The predicted octanol–water partition coefficient (Wildman–Crippen LogP) is 1.49. The second kappa shape index (κ2) is 5.25. The van der Waals surface area contributed by atoms with Gasteiger partial charge in [-0.05, 0) is 63.1 Å². The van der Waals surface area contributed by atoms with Gasteiger partial charge in [-0.3, -0.25) is 0 Å². The highest BCUT2D eigenvalue weighted by atomic mass is 16.5. The van der Waals surface area contributed by atoms with Crippen LogP contribution < -0.4 is 5.32 Å². The molecule has 3 saturated heterocycles. The van der Waals surface area contributed by atoms with E-state index >= 15 is 0 Å². The van der Waals surface area contributed by atoms with Crippen LogP contribution >= 0.6 is 0 Å². The van der Waals surface area contributed by atoms with E-state index < -0.39 is 0 Å². The highest BCUT2D eigenvalue weighted by Crippen LogP contribution is 2.40. The van der Waals surface area contributed by atoms with Crippen molar-refractivity contribution in [2.75, 3.05) is 45.9 Å². The Hall–Kier alpha value is -0.120. The fraction of sp³-hybridized carbons (Fsp3) is 1.00. The van der Waals surface area contributed by atoms with Crippen LogP contribution in [0.3, 0.4) is 0 Å². The molecular formula is C14H26N2O. The summed E-state index contributed by atoms with van der Waals surface area (Å²) in [4.78, 5) is 2.74. The summed E-state index contributed by atoms with van der Waals surface area (Å²) in [7, 11) is 0. The molecule has 0 bridgehead atoms. The third-order valence-electron chi connectivity index (χ3n) is 5.05. The molecule has 3 nitrogen and oxygen atoms in total. The van der Waals surface area contributed by atoms with Gasteiger partial charge in [0.25, 0.3) is 0 Å². The van der Waals surface area contributed by atoms with Gasteiger partial charge in [-0.2, -0.15) is 0 Å². The van der Waals surface area contributed by atoms with Gasteiger partial charge in [0.05, 0.1) is 0 Å². The van der Waals surface area contributed by atoms with Gasteiger partial charge in [-0.25, -0.2) is 0 Å². The van der Waals surface area contributed by atoms with Gasteiger partial charge in [-0.15, -0.1) is 0 Å². The molecule has 98 valence electrons. The maximum absolute atomic E-state index is 5.51. The molecule has 3 aliphatic heterocycles. The normalized spacial score (nSPS) is 31.1. The first-order valence-electron chi connectivity index (χ1n) is 7.37. The Kier molecular flexibility index (Phi) is 3.69. The molecule has 1 N–H and O–H groups in total. The van der Waals surface area contributed by atoms with E-state index in [1.165, 1.54) is 64.8 Å². The van der Waals surface area contributed by atoms with E-state index in [1.807, 2.05) is 0 Å². The summed E-state index contributed by atoms with van der Waals surface area (Å²) in [6, 6.07) is 0. The van der Waals surface area contributed by atoms with Crippen molar-refractivity contribution >= 4 is 0 Å². The summed E-state index contributed by atoms with van der Waals surface area (Å²) in [6.07, 6.45) is 6.78. The number of ether oxygens (including phenoxy) is 1. The highest BCUT2D eigenvalue weighted by Gasteiger charge is 2.39. The number of piperidine rings is 1. The Balaban J connectivity index is 1.49. The van der Waals surface area contributed by atoms with Gasteiger partial charge >= 0.3 is 0 Å². The van der Waals surface area contributed by atoms with E-state index in [1.54, 1.807) is 0 Å². The minimum absolute atomic E-state index is 0.630. The fourth-order valence-electron chi connectivity index (χ4n) is 3.83. The van der Waals surface area contributed by atoms with E-state index in [-0.39, 0.29) is 0 Å². The molecule has 0 amide bonds. The molecule has 3 rings (SSSR count). The fourth-order valence-corrected chi connectivity index (χ4v) is 3.83. The van der Waals surface area contributed by atoms with E-state index in [9.17, 15) is 0 Å². The highest BCUT2D eigenvalue weighted by molar-refractivity contribution is 4.92. The Morgan fingerprint density at radius 3 is 2.65 bits per heavy atom. The van der Waals surface area contributed by atoms with Crippen LogP contribution in [0.25, 0.3) is 0 Å².